The molecule has 0 saturated carbocycles. The van der Waals surface area contributed by atoms with Crippen LogP contribution in [0.15, 0.2) is 28.7 Å². The van der Waals surface area contributed by atoms with E-state index in [1.807, 2.05) is 31.2 Å². The van der Waals surface area contributed by atoms with E-state index in [-0.39, 0.29) is 6.10 Å². The lowest BCUT2D eigenvalue weighted by molar-refractivity contribution is -0.929. The molecule has 5 nitrogen and oxygen atoms in total. The third kappa shape index (κ3) is 3.40. The molecule has 0 spiro atoms. The first-order valence-electron chi connectivity index (χ1n) is 7.28. The van der Waals surface area contributed by atoms with Crippen LogP contribution in [0, 0.1) is 11.8 Å². The fourth-order valence-electron chi connectivity index (χ4n) is 2.60. The molecule has 1 fully saturated rings. The van der Waals surface area contributed by atoms with Gasteiger partial charge < -0.3 is 14.4 Å². The highest BCUT2D eigenvalue weighted by molar-refractivity contribution is 7.71. The Morgan fingerprint density at radius 3 is 2.67 bits per heavy atom. The zero-order valence-corrected chi connectivity index (χ0v) is 12.9. The Balaban J connectivity index is 1.75. The Morgan fingerprint density at radius 1 is 1.33 bits per heavy atom. The molecule has 0 atom stereocenters. The van der Waals surface area contributed by atoms with Crippen LogP contribution in [0.1, 0.15) is 18.4 Å². The largest absolute Gasteiger partial charge is 0.409 e. The lowest BCUT2D eigenvalue weighted by Gasteiger charge is -2.25. The molecular formula is C15H20N3O2S+. The van der Waals surface area contributed by atoms with Gasteiger partial charge in [-0.1, -0.05) is 17.7 Å². The zero-order chi connectivity index (χ0) is 14.8. The predicted molar refractivity (Wildman–Crippen MR) is 81.4 cm³/mol. The number of aliphatic hydroxyl groups is 1. The van der Waals surface area contributed by atoms with Crippen molar-refractivity contribution in [2.75, 3.05) is 13.1 Å². The summed E-state index contributed by atoms with van der Waals surface area (Å²) in [7, 11) is 0. The smallest absolute Gasteiger partial charge is 0.292 e. The molecule has 112 valence electrons. The van der Waals surface area contributed by atoms with Gasteiger partial charge in [0, 0.05) is 18.4 Å². The van der Waals surface area contributed by atoms with E-state index in [1.165, 1.54) is 10.5 Å². The number of benzene rings is 1. The van der Waals surface area contributed by atoms with E-state index in [1.54, 1.807) is 4.68 Å². The maximum atomic E-state index is 9.55. The first-order chi connectivity index (χ1) is 10.1. The Labute approximate surface area is 128 Å². The number of aryl methyl sites for hydroxylation is 1. The second kappa shape index (κ2) is 6.09. The molecule has 1 aromatic carbocycles. The molecule has 21 heavy (non-hydrogen) atoms. The summed E-state index contributed by atoms with van der Waals surface area (Å²) in [6.07, 6.45) is 1.53. The number of aliphatic hydroxyl groups excluding tert-OH is 1. The van der Waals surface area contributed by atoms with Crippen molar-refractivity contribution < 1.29 is 14.4 Å². The van der Waals surface area contributed by atoms with E-state index >= 15 is 0 Å². The van der Waals surface area contributed by atoms with Crippen LogP contribution in [0.2, 0.25) is 0 Å². The van der Waals surface area contributed by atoms with Crippen molar-refractivity contribution in [1.82, 2.24) is 9.78 Å². The zero-order valence-electron chi connectivity index (χ0n) is 12.1. The molecule has 2 N–H and O–H groups in total. The standard InChI is InChI=1S/C15H19N3O2S/c1-11-2-4-12(5-3-11)14-16-18(15(21)20-14)10-17-8-6-13(19)7-9-17/h2-5,13,19H,6-10H2,1H3/p+1. The van der Waals surface area contributed by atoms with Crippen molar-refractivity contribution in [2.45, 2.75) is 32.5 Å². The summed E-state index contributed by atoms with van der Waals surface area (Å²) in [5.74, 6) is 0.566. The van der Waals surface area contributed by atoms with Crippen LogP contribution >= 0.6 is 12.2 Å². The molecular weight excluding hydrogens is 286 g/mol. The molecule has 0 aliphatic carbocycles. The summed E-state index contributed by atoms with van der Waals surface area (Å²) >= 11 is 5.26. The van der Waals surface area contributed by atoms with Gasteiger partial charge >= 0.3 is 0 Å². The van der Waals surface area contributed by atoms with Gasteiger partial charge in [-0.05, 0) is 31.3 Å². The molecule has 1 saturated heterocycles. The average molecular weight is 306 g/mol. The van der Waals surface area contributed by atoms with E-state index in [0.717, 1.165) is 31.5 Å². The minimum Gasteiger partial charge on any atom is -0.409 e. The van der Waals surface area contributed by atoms with Gasteiger partial charge in [0.05, 0.1) is 19.2 Å². The summed E-state index contributed by atoms with van der Waals surface area (Å²) < 4.78 is 7.35. The summed E-state index contributed by atoms with van der Waals surface area (Å²) in [4.78, 5) is 1.78. The Hall–Kier alpha value is -1.50. The number of hydrogen-bond acceptors (Lipinski definition) is 4. The van der Waals surface area contributed by atoms with E-state index in [2.05, 4.69) is 5.10 Å². The monoisotopic (exact) mass is 306 g/mol. The summed E-state index contributed by atoms with van der Waals surface area (Å²) in [6.45, 7) is 4.62. The number of likely N-dealkylation sites (tertiary alicyclic amines) is 1. The Bertz CT molecular complexity index is 654. The van der Waals surface area contributed by atoms with Gasteiger partial charge in [-0.15, -0.1) is 5.10 Å². The van der Waals surface area contributed by atoms with Crippen LogP contribution < -0.4 is 4.90 Å². The molecule has 2 aromatic rings. The van der Waals surface area contributed by atoms with Crippen molar-refractivity contribution in [2.24, 2.45) is 0 Å². The van der Waals surface area contributed by atoms with Crippen molar-refractivity contribution in [3.8, 4) is 11.5 Å². The first-order valence-corrected chi connectivity index (χ1v) is 7.69. The van der Waals surface area contributed by atoms with Crippen LogP contribution in [0.4, 0.5) is 0 Å². The Morgan fingerprint density at radius 2 is 2.00 bits per heavy atom. The van der Waals surface area contributed by atoms with E-state index < -0.39 is 0 Å². The number of piperidine rings is 1. The Kier molecular flexibility index (Phi) is 4.19. The van der Waals surface area contributed by atoms with Crippen molar-refractivity contribution in [1.29, 1.82) is 0 Å². The fraction of sp³-hybridized carbons (Fsp3) is 0.467. The van der Waals surface area contributed by atoms with E-state index in [9.17, 15) is 5.11 Å². The lowest BCUT2D eigenvalue weighted by atomic mass is 10.1. The first kappa shape index (κ1) is 14.4. The van der Waals surface area contributed by atoms with Crippen LogP contribution in [0.5, 0.6) is 0 Å². The highest BCUT2D eigenvalue weighted by Gasteiger charge is 2.21. The molecule has 0 unspecified atom stereocenters. The van der Waals surface area contributed by atoms with Crippen LogP contribution in [0.25, 0.3) is 11.5 Å². The number of rotatable bonds is 3. The van der Waals surface area contributed by atoms with Gasteiger partial charge in [0.25, 0.3) is 4.84 Å². The number of quaternary nitrogens is 1. The van der Waals surface area contributed by atoms with Gasteiger partial charge in [-0.3, -0.25) is 0 Å². The predicted octanol–water partition coefficient (Wildman–Crippen LogP) is 1.18. The van der Waals surface area contributed by atoms with Gasteiger partial charge in [-0.25, -0.2) is 0 Å². The van der Waals surface area contributed by atoms with Gasteiger partial charge in [0.1, 0.15) is 0 Å². The maximum Gasteiger partial charge on any atom is 0.292 e. The highest BCUT2D eigenvalue weighted by atomic mass is 32.1. The highest BCUT2D eigenvalue weighted by Crippen LogP contribution is 2.17. The van der Waals surface area contributed by atoms with Gasteiger partial charge in [0.2, 0.25) is 5.89 Å². The minimum atomic E-state index is -0.151. The number of nitrogens with zero attached hydrogens (tertiary/aromatic N) is 2. The minimum absolute atomic E-state index is 0.151. The normalized spacial score (nSPS) is 22.4. The van der Waals surface area contributed by atoms with Crippen LogP contribution in [0.3, 0.4) is 0 Å². The molecule has 0 radical (unpaired) electrons. The number of nitrogens with one attached hydrogen (secondary N) is 1. The van der Waals surface area contributed by atoms with Crippen LogP contribution in [-0.2, 0) is 6.67 Å². The molecule has 1 aliphatic rings. The van der Waals surface area contributed by atoms with Gasteiger partial charge in [-0.2, -0.15) is 4.68 Å². The van der Waals surface area contributed by atoms with Crippen molar-refractivity contribution in [3.63, 3.8) is 0 Å². The molecule has 6 heteroatoms. The quantitative estimate of drug-likeness (QED) is 0.836. The van der Waals surface area contributed by atoms with E-state index in [0.29, 0.717) is 17.4 Å². The van der Waals surface area contributed by atoms with Crippen molar-refractivity contribution in [3.05, 3.63) is 34.7 Å². The average Bonchev–Trinajstić information content (AvgIpc) is 2.83. The third-order valence-electron chi connectivity index (χ3n) is 3.94. The SMILES string of the molecule is Cc1ccc(-c2nn(C[NH+]3CCC(O)CC3)c(=S)o2)cc1. The number of hydrogen-bond donors (Lipinski definition) is 2. The fourth-order valence-corrected chi connectivity index (χ4v) is 2.78. The second-order valence-corrected chi connectivity index (χ2v) is 6.03. The lowest BCUT2D eigenvalue weighted by Crippen LogP contribution is -3.12. The van der Waals surface area contributed by atoms with E-state index in [4.69, 9.17) is 16.6 Å². The molecule has 1 aliphatic heterocycles. The summed E-state index contributed by atoms with van der Waals surface area (Å²) in [5.41, 5.74) is 2.14. The molecule has 1 aromatic heterocycles. The summed E-state index contributed by atoms with van der Waals surface area (Å²) in [5, 5.41) is 14.0. The molecule has 2 heterocycles. The maximum absolute atomic E-state index is 9.55. The van der Waals surface area contributed by atoms with Crippen LogP contribution in [-0.4, -0.2) is 34.1 Å². The van der Waals surface area contributed by atoms with Gasteiger partial charge in [0.15, 0.2) is 6.67 Å². The molecule has 0 amide bonds. The van der Waals surface area contributed by atoms with Crippen molar-refractivity contribution >= 4 is 12.2 Å². The number of aromatic nitrogens is 2. The molecule has 3 rings (SSSR count). The second-order valence-electron chi connectivity index (χ2n) is 5.68. The topological polar surface area (TPSA) is 55.6 Å². The molecule has 0 bridgehead atoms. The summed E-state index contributed by atoms with van der Waals surface area (Å²) in [6, 6.07) is 8.04. The third-order valence-corrected chi connectivity index (χ3v) is 4.23.